The molecule has 0 N–H and O–H groups in total. The molecular formula is C17H17BNO4S. The van der Waals surface area contributed by atoms with E-state index in [9.17, 15) is 13.2 Å². The molecule has 123 valence electrons. The molecule has 3 rings (SSSR count). The van der Waals surface area contributed by atoms with E-state index in [0.29, 0.717) is 0 Å². The number of aryl methyl sites for hydroxylation is 1. The maximum Gasteiger partial charge on any atom is 0.498 e. The number of sulfonamides is 1. The molecule has 5 nitrogen and oxygen atoms in total. The third kappa shape index (κ3) is 2.85. The summed E-state index contributed by atoms with van der Waals surface area (Å²) in [5, 5.41) is 0. The fourth-order valence-electron chi connectivity index (χ4n) is 2.72. The minimum Gasteiger partial charge on any atom is -0.519 e. The molecule has 1 radical (unpaired) electrons. The second-order valence-electron chi connectivity index (χ2n) is 6.06. The van der Waals surface area contributed by atoms with E-state index in [-0.39, 0.29) is 11.3 Å². The minimum absolute atomic E-state index is 0.127. The Hall–Kier alpha value is -2.12. The summed E-state index contributed by atoms with van der Waals surface area (Å²) in [5.74, 6) is -0.581. The molecule has 0 aromatic heterocycles. The van der Waals surface area contributed by atoms with Gasteiger partial charge >= 0.3 is 13.6 Å². The van der Waals surface area contributed by atoms with Gasteiger partial charge in [0.1, 0.15) is 5.54 Å². The quantitative estimate of drug-likeness (QED) is 0.798. The van der Waals surface area contributed by atoms with Crippen molar-refractivity contribution in [2.75, 3.05) is 0 Å². The van der Waals surface area contributed by atoms with Crippen molar-refractivity contribution in [1.82, 2.24) is 4.22 Å². The Labute approximate surface area is 142 Å². The first-order chi connectivity index (χ1) is 11.3. The standard InChI is InChI=1S/C17H17BNO4S/c1-13-8-10-15(11-9-13)24(21,22)19-17(2,16(20)23-18-19)12-14-6-4-3-5-7-14/h3-11H,12H2,1-2H3/t17-/m0/s1. The van der Waals surface area contributed by atoms with Crippen LogP contribution in [-0.4, -0.2) is 31.8 Å². The van der Waals surface area contributed by atoms with E-state index in [4.69, 9.17) is 4.65 Å². The maximum atomic E-state index is 13.0. The van der Waals surface area contributed by atoms with Crippen LogP contribution in [0.25, 0.3) is 0 Å². The lowest BCUT2D eigenvalue weighted by Crippen LogP contribution is -2.51. The summed E-state index contributed by atoms with van der Waals surface area (Å²) in [4.78, 5) is 12.4. The molecule has 7 heteroatoms. The predicted octanol–water partition coefficient (Wildman–Crippen LogP) is 2.08. The lowest BCUT2D eigenvalue weighted by atomic mass is 9.92. The van der Waals surface area contributed by atoms with Crippen molar-refractivity contribution in [3.63, 3.8) is 0 Å². The van der Waals surface area contributed by atoms with E-state index < -0.39 is 21.5 Å². The third-order valence-electron chi connectivity index (χ3n) is 4.15. The van der Waals surface area contributed by atoms with Crippen LogP contribution < -0.4 is 0 Å². The molecule has 1 aliphatic rings. The molecule has 0 unspecified atom stereocenters. The largest absolute Gasteiger partial charge is 0.519 e. The fraction of sp³-hybridized carbons (Fsp3) is 0.235. The molecule has 0 spiro atoms. The van der Waals surface area contributed by atoms with Crippen molar-refractivity contribution in [2.24, 2.45) is 0 Å². The molecule has 24 heavy (non-hydrogen) atoms. The lowest BCUT2D eigenvalue weighted by Gasteiger charge is -2.30. The Balaban J connectivity index is 1.99. The minimum atomic E-state index is -3.88. The molecular weight excluding hydrogens is 325 g/mol. The average molecular weight is 342 g/mol. The van der Waals surface area contributed by atoms with E-state index in [0.717, 1.165) is 23.0 Å². The molecule has 1 aliphatic heterocycles. The summed E-state index contributed by atoms with van der Waals surface area (Å²) in [5.41, 5.74) is 0.500. The van der Waals surface area contributed by atoms with Crippen LogP contribution in [0.1, 0.15) is 18.1 Å². The molecule has 1 heterocycles. The third-order valence-corrected chi connectivity index (χ3v) is 6.03. The van der Waals surface area contributed by atoms with Gasteiger partial charge in [-0.25, -0.2) is 8.42 Å². The molecule has 1 atom stereocenters. The van der Waals surface area contributed by atoms with Gasteiger partial charge in [-0.1, -0.05) is 48.0 Å². The highest BCUT2D eigenvalue weighted by molar-refractivity contribution is 7.90. The first-order valence-corrected chi connectivity index (χ1v) is 8.98. The number of rotatable bonds is 4. The van der Waals surface area contributed by atoms with Gasteiger partial charge in [0.15, 0.2) is 0 Å². The van der Waals surface area contributed by atoms with Crippen LogP contribution in [0.4, 0.5) is 0 Å². The van der Waals surface area contributed by atoms with Gasteiger partial charge in [-0.05, 0) is 31.5 Å². The second-order valence-corrected chi connectivity index (χ2v) is 7.88. The first-order valence-electron chi connectivity index (χ1n) is 7.53. The molecule has 0 bridgehead atoms. The SMILES string of the molecule is Cc1ccc(S(=O)(=O)N2[B]OC(=O)[C@]2(C)Cc2ccccc2)cc1. The highest BCUT2D eigenvalue weighted by atomic mass is 32.2. The van der Waals surface area contributed by atoms with Crippen LogP contribution in [0.15, 0.2) is 59.5 Å². The van der Waals surface area contributed by atoms with E-state index >= 15 is 0 Å². The normalized spacial score (nSPS) is 21.3. The van der Waals surface area contributed by atoms with Gasteiger partial charge < -0.3 is 4.65 Å². The number of nitrogens with zero attached hydrogens (tertiary/aromatic N) is 1. The van der Waals surface area contributed by atoms with Gasteiger partial charge in [0, 0.05) is 6.42 Å². The highest BCUT2D eigenvalue weighted by Crippen LogP contribution is 2.32. The Morgan fingerprint density at radius 1 is 1.08 bits per heavy atom. The van der Waals surface area contributed by atoms with Crippen molar-refractivity contribution in [3.05, 3.63) is 65.7 Å². The molecule has 0 saturated carbocycles. The van der Waals surface area contributed by atoms with E-state index in [1.165, 1.54) is 12.1 Å². The number of hydrogen-bond donors (Lipinski definition) is 0. The van der Waals surface area contributed by atoms with Gasteiger partial charge in [-0.3, -0.25) is 4.79 Å². The van der Waals surface area contributed by atoms with Crippen LogP contribution in [0.2, 0.25) is 0 Å². The van der Waals surface area contributed by atoms with Crippen LogP contribution in [-0.2, 0) is 25.9 Å². The summed E-state index contributed by atoms with van der Waals surface area (Å²) in [6.07, 6.45) is 0.230. The number of hydrogen-bond acceptors (Lipinski definition) is 4. The van der Waals surface area contributed by atoms with Crippen molar-refractivity contribution >= 4 is 23.6 Å². The van der Waals surface area contributed by atoms with Gasteiger partial charge in [0.05, 0.1) is 4.90 Å². The van der Waals surface area contributed by atoms with Crippen LogP contribution >= 0.6 is 0 Å². The van der Waals surface area contributed by atoms with Crippen LogP contribution in [0.5, 0.6) is 0 Å². The Morgan fingerprint density at radius 3 is 2.33 bits per heavy atom. The van der Waals surface area contributed by atoms with E-state index in [1.807, 2.05) is 37.3 Å². The summed E-state index contributed by atoms with van der Waals surface area (Å²) >= 11 is 0. The number of benzene rings is 2. The summed E-state index contributed by atoms with van der Waals surface area (Å²) in [7, 11) is -2.88. The summed E-state index contributed by atoms with van der Waals surface area (Å²) in [6, 6.07) is 15.8. The monoisotopic (exact) mass is 342 g/mol. The fourth-order valence-corrected chi connectivity index (χ4v) is 4.25. The van der Waals surface area contributed by atoms with E-state index in [1.54, 1.807) is 19.1 Å². The van der Waals surface area contributed by atoms with Gasteiger partial charge in [0.25, 0.3) is 0 Å². The zero-order chi connectivity index (χ0) is 17.4. The van der Waals surface area contributed by atoms with Crippen molar-refractivity contribution in [2.45, 2.75) is 30.7 Å². The molecule has 0 aliphatic carbocycles. The predicted molar refractivity (Wildman–Crippen MR) is 90.6 cm³/mol. The lowest BCUT2D eigenvalue weighted by molar-refractivity contribution is -0.138. The summed E-state index contributed by atoms with van der Waals surface area (Å²) in [6.45, 7) is 3.46. The van der Waals surface area contributed by atoms with Gasteiger partial charge in [0.2, 0.25) is 10.0 Å². The zero-order valence-corrected chi connectivity index (χ0v) is 14.3. The Kier molecular flexibility index (Phi) is 4.23. The average Bonchev–Trinajstić information content (AvgIpc) is 2.84. The molecule has 2 aromatic carbocycles. The van der Waals surface area contributed by atoms with Crippen LogP contribution in [0.3, 0.4) is 0 Å². The van der Waals surface area contributed by atoms with Crippen LogP contribution in [0, 0.1) is 6.92 Å². The van der Waals surface area contributed by atoms with Crippen molar-refractivity contribution in [3.8, 4) is 0 Å². The smallest absolute Gasteiger partial charge is 0.498 e. The topological polar surface area (TPSA) is 63.7 Å². The maximum absolute atomic E-state index is 13.0. The summed E-state index contributed by atoms with van der Waals surface area (Å²) < 4.78 is 31.9. The first kappa shape index (κ1) is 16.7. The Morgan fingerprint density at radius 2 is 1.71 bits per heavy atom. The number of carbonyl (C=O) groups excluding carboxylic acids is 1. The highest BCUT2D eigenvalue weighted by Gasteiger charge is 2.54. The van der Waals surface area contributed by atoms with Gasteiger partial charge in [-0.2, -0.15) is 4.22 Å². The molecule has 1 fully saturated rings. The van der Waals surface area contributed by atoms with Crippen molar-refractivity contribution in [1.29, 1.82) is 0 Å². The number of carbonyl (C=O) groups is 1. The van der Waals surface area contributed by atoms with E-state index in [2.05, 4.69) is 0 Å². The molecule has 1 saturated heterocycles. The Bertz CT molecular complexity index is 852. The zero-order valence-electron chi connectivity index (χ0n) is 13.5. The molecule has 2 aromatic rings. The van der Waals surface area contributed by atoms with Gasteiger partial charge in [-0.15, -0.1) is 0 Å². The second kappa shape index (κ2) is 6.07. The molecule has 0 amide bonds. The van der Waals surface area contributed by atoms with Crippen molar-refractivity contribution < 1.29 is 17.9 Å².